The van der Waals surface area contributed by atoms with Gasteiger partial charge < -0.3 is 4.74 Å². The van der Waals surface area contributed by atoms with Crippen molar-refractivity contribution >= 4 is 17.8 Å². The number of imide groups is 1. The fourth-order valence-electron chi connectivity index (χ4n) is 1.66. The van der Waals surface area contributed by atoms with Crippen LogP contribution in [0.15, 0.2) is 42.5 Å². The number of benzene rings is 1. The Hall–Kier alpha value is -2.43. The number of aryl methyl sites for hydroxylation is 1. The van der Waals surface area contributed by atoms with Gasteiger partial charge in [-0.2, -0.15) is 0 Å². The van der Waals surface area contributed by atoms with Crippen LogP contribution < -0.4 is 0 Å². The Morgan fingerprint density at radius 2 is 1.68 bits per heavy atom. The van der Waals surface area contributed by atoms with E-state index in [1.165, 1.54) is 0 Å². The van der Waals surface area contributed by atoms with Crippen molar-refractivity contribution in [2.24, 2.45) is 0 Å². The van der Waals surface area contributed by atoms with Crippen molar-refractivity contribution in [3.63, 3.8) is 0 Å². The average molecular weight is 259 g/mol. The van der Waals surface area contributed by atoms with Gasteiger partial charge in [-0.15, -0.1) is 0 Å². The minimum absolute atomic E-state index is 0.216. The van der Waals surface area contributed by atoms with Crippen LogP contribution in [0.1, 0.15) is 12.0 Å². The van der Waals surface area contributed by atoms with Gasteiger partial charge in [0, 0.05) is 18.6 Å². The van der Waals surface area contributed by atoms with E-state index in [1.807, 2.05) is 30.3 Å². The van der Waals surface area contributed by atoms with E-state index >= 15 is 0 Å². The SMILES string of the molecule is O=C(CCc1ccccc1)OCN1C(=O)C=CC1=O. The molecule has 0 aromatic heterocycles. The number of rotatable bonds is 5. The summed E-state index contributed by atoms with van der Waals surface area (Å²) in [7, 11) is 0. The summed E-state index contributed by atoms with van der Waals surface area (Å²) in [6.45, 7) is -0.321. The van der Waals surface area contributed by atoms with E-state index in [4.69, 9.17) is 4.74 Å². The summed E-state index contributed by atoms with van der Waals surface area (Å²) in [5, 5.41) is 0. The summed E-state index contributed by atoms with van der Waals surface area (Å²) in [6.07, 6.45) is 3.09. The lowest BCUT2D eigenvalue weighted by Crippen LogP contribution is -2.33. The molecule has 2 amide bonds. The van der Waals surface area contributed by atoms with Crippen LogP contribution >= 0.6 is 0 Å². The van der Waals surface area contributed by atoms with Gasteiger partial charge in [0.1, 0.15) is 0 Å². The van der Waals surface area contributed by atoms with E-state index in [0.717, 1.165) is 22.6 Å². The van der Waals surface area contributed by atoms with Gasteiger partial charge in [-0.25, -0.2) is 4.90 Å². The highest BCUT2D eigenvalue weighted by atomic mass is 16.5. The molecule has 2 rings (SSSR count). The van der Waals surface area contributed by atoms with Crippen LogP contribution in [0.2, 0.25) is 0 Å². The molecular formula is C14H13NO4. The van der Waals surface area contributed by atoms with Crippen LogP contribution in [0, 0.1) is 0 Å². The van der Waals surface area contributed by atoms with Gasteiger partial charge in [0.25, 0.3) is 11.8 Å². The summed E-state index contributed by atoms with van der Waals surface area (Å²) in [5.74, 6) is -1.35. The van der Waals surface area contributed by atoms with E-state index in [1.54, 1.807) is 0 Å². The highest BCUT2D eigenvalue weighted by Gasteiger charge is 2.24. The molecular weight excluding hydrogens is 246 g/mol. The Kier molecular flexibility index (Phi) is 4.07. The van der Waals surface area contributed by atoms with Crippen LogP contribution in [0.5, 0.6) is 0 Å². The molecule has 0 saturated carbocycles. The molecule has 0 atom stereocenters. The predicted molar refractivity (Wildman–Crippen MR) is 66.7 cm³/mol. The number of ether oxygens (including phenoxy) is 1. The average Bonchev–Trinajstić information content (AvgIpc) is 2.75. The van der Waals surface area contributed by atoms with E-state index < -0.39 is 17.8 Å². The Morgan fingerprint density at radius 3 is 2.32 bits per heavy atom. The summed E-state index contributed by atoms with van der Waals surface area (Å²) in [4.78, 5) is 34.8. The third-order valence-electron chi connectivity index (χ3n) is 2.72. The molecule has 0 saturated heterocycles. The van der Waals surface area contributed by atoms with E-state index in [-0.39, 0.29) is 13.2 Å². The van der Waals surface area contributed by atoms with Crippen molar-refractivity contribution in [1.29, 1.82) is 0 Å². The zero-order valence-corrected chi connectivity index (χ0v) is 10.2. The molecule has 5 nitrogen and oxygen atoms in total. The number of carbonyl (C=O) groups excluding carboxylic acids is 3. The van der Waals surface area contributed by atoms with Crippen LogP contribution in [-0.4, -0.2) is 29.4 Å². The third kappa shape index (κ3) is 3.51. The van der Waals surface area contributed by atoms with E-state index in [9.17, 15) is 14.4 Å². The van der Waals surface area contributed by atoms with Crippen molar-refractivity contribution in [3.05, 3.63) is 48.0 Å². The van der Waals surface area contributed by atoms with Crippen molar-refractivity contribution < 1.29 is 19.1 Å². The topological polar surface area (TPSA) is 63.7 Å². The first-order valence-electron chi connectivity index (χ1n) is 5.90. The minimum atomic E-state index is -0.458. The van der Waals surface area contributed by atoms with Crippen molar-refractivity contribution in [2.45, 2.75) is 12.8 Å². The number of carbonyl (C=O) groups is 3. The molecule has 0 spiro atoms. The fourth-order valence-corrected chi connectivity index (χ4v) is 1.66. The van der Waals surface area contributed by atoms with Gasteiger partial charge in [-0.05, 0) is 12.0 Å². The first-order chi connectivity index (χ1) is 9.16. The summed E-state index contributed by atoms with van der Waals surface area (Å²) in [5.41, 5.74) is 1.04. The molecule has 1 aliphatic heterocycles. The zero-order chi connectivity index (χ0) is 13.7. The Bertz CT molecular complexity index is 504. The summed E-state index contributed by atoms with van der Waals surface area (Å²) in [6, 6.07) is 9.54. The van der Waals surface area contributed by atoms with Crippen molar-refractivity contribution in [1.82, 2.24) is 4.90 Å². The molecule has 1 aromatic carbocycles. The largest absolute Gasteiger partial charge is 0.444 e. The molecule has 0 N–H and O–H groups in total. The van der Waals surface area contributed by atoms with Gasteiger partial charge in [-0.3, -0.25) is 14.4 Å². The van der Waals surface area contributed by atoms with Crippen LogP contribution in [0.4, 0.5) is 0 Å². The molecule has 0 bridgehead atoms. The Morgan fingerprint density at radius 1 is 1.05 bits per heavy atom. The molecule has 0 unspecified atom stereocenters. The highest BCUT2D eigenvalue weighted by molar-refractivity contribution is 6.12. The molecule has 98 valence electrons. The van der Waals surface area contributed by atoms with E-state index in [0.29, 0.717) is 6.42 Å². The van der Waals surface area contributed by atoms with Crippen LogP contribution in [-0.2, 0) is 25.5 Å². The molecule has 5 heteroatoms. The maximum absolute atomic E-state index is 11.5. The number of hydrogen-bond acceptors (Lipinski definition) is 4. The van der Waals surface area contributed by atoms with Crippen LogP contribution in [0.3, 0.4) is 0 Å². The normalized spacial score (nSPS) is 14.0. The standard InChI is InChI=1S/C14H13NO4/c16-12-7-8-13(17)15(12)10-19-14(18)9-6-11-4-2-1-3-5-11/h1-5,7-8H,6,9-10H2. The van der Waals surface area contributed by atoms with Gasteiger partial charge in [-0.1, -0.05) is 30.3 Å². The zero-order valence-electron chi connectivity index (χ0n) is 10.2. The number of hydrogen-bond donors (Lipinski definition) is 0. The van der Waals surface area contributed by atoms with Crippen molar-refractivity contribution in [2.75, 3.05) is 6.73 Å². The number of esters is 1. The maximum atomic E-state index is 11.5. The number of nitrogens with zero attached hydrogens (tertiary/aromatic N) is 1. The quantitative estimate of drug-likeness (QED) is 0.585. The van der Waals surface area contributed by atoms with Crippen molar-refractivity contribution in [3.8, 4) is 0 Å². The van der Waals surface area contributed by atoms with Gasteiger partial charge >= 0.3 is 5.97 Å². The summed E-state index contributed by atoms with van der Waals surface area (Å²) >= 11 is 0. The smallest absolute Gasteiger partial charge is 0.307 e. The molecule has 1 heterocycles. The molecule has 0 radical (unpaired) electrons. The van der Waals surface area contributed by atoms with Gasteiger partial charge in [0.15, 0.2) is 6.73 Å². The first-order valence-corrected chi connectivity index (χ1v) is 5.90. The second kappa shape index (κ2) is 5.95. The molecule has 19 heavy (non-hydrogen) atoms. The van der Waals surface area contributed by atoms with Crippen LogP contribution in [0.25, 0.3) is 0 Å². The highest BCUT2D eigenvalue weighted by Crippen LogP contribution is 2.06. The fraction of sp³-hybridized carbons (Fsp3) is 0.214. The van der Waals surface area contributed by atoms with Gasteiger partial charge in [0.2, 0.25) is 0 Å². The molecule has 1 aromatic rings. The maximum Gasteiger partial charge on any atom is 0.307 e. The molecule has 1 aliphatic rings. The second-order valence-electron chi connectivity index (χ2n) is 4.07. The molecule has 0 fully saturated rings. The third-order valence-corrected chi connectivity index (χ3v) is 2.72. The Balaban J connectivity index is 1.73. The summed E-state index contributed by atoms with van der Waals surface area (Å²) < 4.78 is 4.89. The monoisotopic (exact) mass is 259 g/mol. The first kappa shape index (κ1) is 13.0. The predicted octanol–water partition coefficient (Wildman–Crippen LogP) is 1.04. The number of amides is 2. The van der Waals surface area contributed by atoms with Gasteiger partial charge in [0.05, 0.1) is 0 Å². The lowest BCUT2D eigenvalue weighted by atomic mass is 10.1. The lowest BCUT2D eigenvalue weighted by molar-refractivity contribution is -0.154. The minimum Gasteiger partial charge on any atom is -0.444 e. The molecule has 0 aliphatic carbocycles. The lowest BCUT2D eigenvalue weighted by Gasteiger charge is -2.13. The Labute approximate surface area is 110 Å². The second-order valence-corrected chi connectivity index (χ2v) is 4.07. The van der Waals surface area contributed by atoms with E-state index in [2.05, 4.69) is 0 Å².